The van der Waals surface area contributed by atoms with Crippen LogP contribution in [0.25, 0.3) is 0 Å². The average molecular weight is 240 g/mol. The Balaban J connectivity index is 2.30. The van der Waals surface area contributed by atoms with Crippen LogP contribution in [0.1, 0.15) is 66.7 Å². The highest BCUT2D eigenvalue weighted by Crippen LogP contribution is 2.20. The van der Waals surface area contributed by atoms with Crippen molar-refractivity contribution in [3.8, 4) is 0 Å². The fraction of sp³-hybridized carbons (Fsp3) is 1.00. The SMILES string of the molecule is CC(CC1CCCCCN1)NC(C)C(C)(C)C. The lowest BCUT2D eigenvalue weighted by molar-refractivity contribution is 0.254. The van der Waals surface area contributed by atoms with Gasteiger partial charge in [0, 0.05) is 18.1 Å². The summed E-state index contributed by atoms with van der Waals surface area (Å²) in [5.41, 5.74) is 0.352. The first-order valence-corrected chi connectivity index (χ1v) is 7.39. The van der Waals surface area contributed by atoms with Gasteiger partial charge in [-0.2, -0.15) is 0 Å². The molecule has 1 aliphatic heterocycles. The Hall–Kier alpha value is -0.0800. The van der Waals surface area contributed by atoms with Crippen molar-refractivity contribution in [3.05, 3.63) is 0 Å². The van der Waals surface area contributed by atoms with Crippen LogP contribution in [0.4, 0.5) is 0 Å². The Bertz CT molecular complexity index is 199. The molecule has 0 amide bonds. The van der Waals surface area contributed by atoms with Crippen molar-refractivity contribution in [2.75, 3.05) is 6.54 Å². The molecule has 0 bridgehead atoms. The molecule has 1 rings (SSSR count). The molecule has 1 saturated heterocycles. The Morgan fingerprint density at radius 3 is 2.53 bits per heavy atom. The molecule has 2 heteroatoms. The predicted octanol–water partition coefficient (Wildman–Crippen LogP) is 3.32. The molecule has 2 nitrogen and oxygen atoms in total. The monoisotopic (exact) mass is 240 g/mol. The van der Waals surface area contributed by atoms with Crippen molar-refractivity contribution in [2.45, 2.75) is 84.8 Å². The van der Waals surface area contributed by atoms with Gasteiger partial charge >= 0.3 is 0 Å². The summed E-state index contributed by atoms with van der Waals surface area (Å²) in [6, 6.07) is 1.91. The third kappa shape index (κ3) is 5.87. The van der Waals surface area contributed by atoms with Crippen LogP contribution in [0.3, 0.4) is 0 Å². The summed E-state index contributed by atoms with van der Waals surface area (Å²) in [5, 5.41) is 7.43. The molecule has 0 saturated carbocycles. The van der Waals surface area contributed by atoms with Gasteiger partial charge in [-0.1, -0.05) is 33.6 Å². The molecular weight excluding hydrogens is 208 g/mol. The van der Waals surface area contributed by atoms with Crippen molar-refractivity contribution < 1.29 is 0 Å². The standard InChI is InChI=1S/C15H32N2/c1-12(17-13(2)15(3,4)5)11-14-9-7-6-8-10-16-14/h12-14,16-17H,6-11H2,1-5H3. The second kappa shape index (κ2) is 6.75. The largest absolute Gasteiger partial charge is 0.314 e. The molecule has 0 radical (unpaired) electrons. The van der Waals surface area contributed by atoms with Crippen LogP contribution >= 0.6 is 0 Å². The predicted molar refractivity (Wildman–Crippen MR) is 76.4 cm³/mol. The number of hydrogen-bond donors (Lipinski definition) is 2. The molecule has 1 fully saturated rings. The summed E-state index contributed by atoms with van der Waals surface area (Å²) in [6.45, 7) is 12.8. The Morgan fingerprint density at radius 2 is 1.88 bits per heavy atom. The summed E-state index contributed by atoms with van der Waals surface area (Å²) in [5.74, 6) is 0. The molecule has 17 heavy (non-hydrogen) atoms. The molecule has 0 spiro atoms. The molecule has 0 aromatic heterocycles. The van der Waals surface area contributed by atoms with Gasteiger partial charge in [0.15, 0.2) is 0 Å². The molecule has 3 unspecified atom stereocenters. The van der Waals surface area contributed by atoms with E-state index in [1.54, 1.807) is 0 Å². The molecule has 102 valence electrons. The average Bonchev–Trinajstić information content (AvgIpc) is 2.44. The van der Waals surface area contributed by atoms with Crippen LogP contribution < -0.4 is 10.6 Å². The van der Waals surface area contributed by atoms with E-state index in [1.807, 2.05) is 0 Å². The summed E-state index contributed by atoms with van der Waals surface area (Å²) >= 11 is 0. The van der Waals surface area contributed by atoms with Crippen LogP contribution in [0.5, 0.6) is 0 Å². The maximum atomic E-state index is 3.75. The summed E-state index contributed by atoms with van der Waals surface area (Å²) in [4.78, 5) is 0. The maximum Gasteiger partial charge on any atom is 0.00897 e. The van der Waals surface area contributed by atoms with Crippen molar-refractivity contribution in [1.82, 2.24) is 10.6 Å². The zero-order chi connectivity index (χ0) is 12.9. The van der Waals surface area contributed by atoms with Crippen LogP contribution in [-0.2, 0) is 0 Å². The summed E-state index contributed by atoms with van der Waals surface area (Å²) in [6.07, 6.45) is 6.79. The van der Waals surface area contributed by atoms with E-state index in [1.165, 1.54) is 38.6 Å². The highest BCUT2D eigenvalue weighted by Gasteiger charge is 2.22. The lowest BCUT2D eigenvalue weighted by Crippen LogP contribution is -2.45. The van der Waals surface area contributed by atoms with Gasteiger partial charge < -0.3 is 10.6 Å². The zero-order valence-electron chi connectivity index (χ0n) is 12.5. The van der Waals surface area contributed by atoms with Gasteiger partial charge in [0.2, 0.25) is 0 Å². The van der Waals surface area contributed by atoms with E-state index in [-0.39, 0.29) is 0 Å². The van der Waals surface area contributed by atoms with Gasteiger partial charge in [-0.05, 0) is 45.1 Å². The van der Waals surface area contributed by atoms with Crippen molar-refractivity contribution in [1.29, 1.82) is 0 Å². The van der Waals surface area contributed by atoms with Crippen LogP contribution in [0, 0.1) is 5.41 Å². The van der Waals surface area contributed by atoms with Crippen molar-refractivity contribution in [2.24, 2.45) is 5.41 Å². The fourth-order valence-electron chi connectivity index (χ4n) is 2.47. The van der Waals surface area contributed by atoms with E-state index in [2.05, 4.69) is 45.3 Å². The number of hydrogen-bond acceptors (Lipinski definition) is 2. The van der Waals surface area contributed by atoms with Crippen molar-refractivity contribution in [3.63, 3.8) is 0 Å². The zero-order valence-corrected chi connectivity index (χ0v) is 12.5. The first-order valence-electron chi connectivity index (χ1n) is 7.39. The van der Waals surface area contributed by atoms with E-state index >= 15 is 0 Å². The highest BCUT2D eigenvalue weighted by molar-refractivity contribution is 4.82. The van der Waals surface area contributed by atoms with Gasteiger partial charge in [0.25, 0.3) is 0 Å². The fourth-order valence-corrected chi connectivity index (χ4v) is 2.47. The van der Waals surface area contributed by atoms with Gasteiger partial charge in [0.05, 0.1) is 0 Å². The minimum atomic E-state index is 0.352. The third-order valence-corrected chi connectivity index (χ3v) is 4.13. The molecule has 0 aromatic carbocycles. The quantitative estimate of drug-likeness (QED) is 0.788. The van der Waals surface area contributed by atoms with Gasteiger partial charge in [-0.25, -0.2) is 0 Å². The molecule has 0 aliphatic carbocycles. The first-order chi connectivity index (χ1) is 7.89. The maximum absolute atomic E-state index is 3.75. The van der Waals surface area contributed by atoms with E-state index in [0.29, 0.717) is 17.5 Å². The second-order valence-corrected chi connectivity index (χ2v) is 6.89. The second-order valence-electron chi connectivity index (χ2n) is 6.89. The van der Waals surface area contributed by atoms with Crippen molar-refractivity contribution >= 4 is 0 Å². The van der Waals surface area contributed by atoms with E-state index in [4.69, 9.17) is 0 Å². The van der Waals surface area contributed by atoms with Crippen LogP contribution in [0.15, 0.2) is 0 Å². The molecule has 1 heterocycles. The van der Waals surface area contributed by atoms with Crippen LogP contribution in [-0.4, -0.2) is 24.7 Å². The minimum absolute atomic E-state index is 0.352. The normalized spacial score (nSPS) is 26.3. The highest BCUT2D eigenvalue weighted by atomic mass is 15.0. The molecule has 3 atom stereocenters. The minimum Gasteiger partial charge on any atom is -0.314 e. The third-order valence-electron chi connectivity index (χ3n) is 4.13. The summed E-state index contributed by atoms with van der Waals surface area (Å²) < 4.78 is 0. The topological polar surface area (TPSA) is 24.1 Å². The van der Waals surface area contributed by atoms with Crippen LogP contribution in [0.2, 0.25) is 0 Å². The molecule has 0 aromatic rings. The van der Waals surface area contributed by atoms with E-state index in [0.717, 1.165) is 6.04 Å². The lowest BCUT2D eigenvalue weighted by atomic mass is 9.87. The Morgan fingerprint density at radius 1 is 1.18 bits per heavy atom. The summed E-state index contributed by atoms with van der Waals surface area (Å²) in [7, 11) is 0. The number of nitrogens with one attached hydrogen (secondary N) is 2. The smallest absolute Gasteiger partial charge is 0.00897 e. The van der Waals surface area contributed by atoms with Gasteiger partial charge in [0.1, 0.15) is 0 Å². The Kier molecular flexibility index (Phi) is 5.94. The molecular formula is C15H32N2. The Labute approximate surface area is 108 Å². The molecule has 2 N–H and O–H groups in total. The van der Waals surface area contributed by atoms with E-state index < -0.39 is 0 Å². The lowest BCUT2D eigenvalue weighted by Gasteiger charge is -2.32. The van der Waals surface area contributed by atoms with E-state index in [9.17, 15) is 0 Å². The molecule has 1 aliphatic rings. The van der Waals surface area contributed by atoms with Gasteiger partial charge in [-0.3, -0.25) is 0 Å². The number of rotatable bonds is 4. The first kappa shape index (κ1) is 15.0. The van der Waals surface area contributed by atoms with Gasteiger partial charge in [-0.15, -0.1) is 0 Å².